The van der Waals surface area contributed by atoms with Gasteiger partial charge in [-0.1, -0.05) is 48.7 Å². The zero-order valence-electron chi connectivity index (χ0n) is 10.4. The molecule has 1 aliphatic rings. The number of carbonyl (C=O) groups is 1. The molecule has 2 rings (SSSR count). The van der Waals surface area contributed by atoms with Gasteiger partial charge in [-0.05, 0) is 42.9 Å². The third-order valence-corrected chi connectivity index (χ3v) is 4.64. The fourth-order valence-corrected chi connectivity index (χ4v) is 2.92. The minimum absolute atomic E-state index is 0.0613. The van der Waals surface area contributed by atoms with Gasteiger partial charge in [0.25, 0.3) is 0 Å². The molecule has 1 fully saturated rings. The topological polar surface area (TPSA) is 17.1 Å². The second-order valence-electron chi connectivity index (χ2n) is 4.89. The van der Waals surface area contributed by atoms with Gasteiger partial charge in [0, 0.05) is 5.56 Å². The molecule has 0 N–H and O–H groups in total. The molecule has 1 aromatic rings. The van der Waals surface area contributed by atoms with Crippen LogP contribution in [0.4, 0.5) is 0 Å². The van der Waals surface area contributed by atoms with Crippen molar-refractivity contribution in [2.75, 3.05) is 0 Å². The van der Waals surface area contributed by atoms with Crippen LogP contribution in [0.25, 0.3) is 0 Å². The summed E-state index contributed by atoms with van der Waals surface area (Å²) in [6.45, 7) is 5.82. The molecule has 0 heterocycles. The van der Waals surface area contributed by atoms with E-state index in [4.69, 9.17) is 23.2 Å². The predicted molar refractivity (Wildman–Crippen MR) is 76.6 cm³/mol. The first kappa shape index (κ1) is 13.6. The normalized spacial score (nSPS) is 15.9. The van der Waals surface area contributed by atoms with Crippen molar-refractivity contribution in [3.05, 3.63) is 45.5 Å². The molecule has 18 heavy (non-hydrogen) atoms. The SMILES string of the molecule is C=C(C(=O)c1ccc(C)c(Cl)c1Cl)C1CCCC1. The first-order valence-corrected chi connectivity index (χ1v) is 6.96. The predicted octanol–water partition coefficient (Wildman–Crippen LogP) is 5.23. The largest absolute Gasteiger partial charge is 0.289 e. The molecule has 1 saturated carbocycles. The number of halogens is 2. The number of hydrogen-bond acceptors (Lipinski definition) is 1. The number of carbonyl (C=O) groups excluding carboxylic acids is 1. The maximum Gasteiger partial charge on any atom is 0.190 e. The maximum atomic E-state index is 12.4. The van der Waals surface area contributed by atoms with Gasteiger partial charge in [0.1, 0.15) is 0 Å². The molecule has 0 bridgehead atoms. The van der Waals surface area contributed by atoms with Crippen molar-refractivity contribution in [1.82, 2.24) is 0 Å². The van der Waals surface area contributed by atoms with Crippen molar-refractivity contribution in [3.8, 4) is 0 Å². The highest BCUT2D eigenvalue weighted by Gasteiger charge is 2.25. The molecular formula is C15H16Cl2O. The highest BCUT2D eigenvalue weighted by atomic mass is 35.5. The molecule has 0 spiro atoms. The van der Waals surface area contributed by atoms with Crippen LogP contribution in [0.5, 0.6) is 0 Å². The van der Waals surface area contributed by atoms with Crippen molar-refractivity contribution in [2.45, 2.75) is 32.6 Å². The third kappa shape index (κ3) is 2.48. The highest BCUT2D eigenvalue weighted by molar-refractivity contribution is 6.44. The van der Waals surface area contributed by atoms with Crippen LogP contribution >= 0.6 is 23.2 Å². The minimum atomic E-state index is -0.0613. The van der Waals surface area contributed by atoms with Gasteiger partial charge < -0.3 is 0 Å². The molecule has 1 aliphatic carbocycles. The summed E-state index contributed by atoms with van der Waals surface area (Å²) in [6.07, 6.45) is 4.47. The van der Waals surface area contributed by atoms with E-state index in [-0.39, 0.29) is 5.78 Å². The monoisotopic (exact) mass is 282 g/mol. The lowest BCUT2D eigenvalue weighted by Crippen LogP contribution is -2.10. The number of ketones is 1. The Morgan fingerprint density at radius 2 is 1.83 bits per heavy atom. The summed E-state index contributed by atoms with van der Waals surface area (Å²) in [5.41, 5.74) is 2.03. The highest BCUT2D eigenvalue weighted by Crippen LogP contribution is 2.35. The molecule has 96 valence electrons. The molecule has 3 heteroatoms. The average Bonchev–Trinajstić information content (AvgIpc) is 2.88. The van der Waals surface area contributed by atoms with E-state index in [0.29, 0.717) is 27.1 Å². The Bertz CT molecular complexity index is 499. The van der Waals surface area contributed by atoms with Gasteiger partial charge in [-0.15, -0.1) is 0 Å². The summed E-state index contributed by atoms with van der Waals surface area (Å²) in [7, 11) is 0. The second kappa shape index (κ2) is 5.46. The lowest BCUT2D eigenvalue weighted by Gasteiger charge is -2.13. The Morgan fingerprint density at radius 1 is 1.22 bits per heavy atom. The Balaban J connectivity index is 2.28. The first-order chi connectivity index (χ1) is 8.52. The van der Waals surface area contributed by atoms with E-state index in [2.05, 4.69) is 6.58 Å². The Morgan fingerprint density at radius 3 is 2.44 bits per heavy atom. The minimum Gasteiger partial charge on any atom is -0.289 e. The molecular weight excluding hydrogens is 267 g/mol. The molecule has 0 aromatic heterocycles. The fourth-order valence-electron chi connectivity index (χ4n) is 2.45. The molecule has 0 aliphatic heterocycles. The molecule has 0 amide bonds. The van der Waals surface area contributed by atoms with E-state index in [1.54, 1.807) is 6.07 Å². The first-order valence-electron chi connectivity index (χ1n) is 6.20. The van der Waals surface area contributed by atoms with Gasteiger partial charge in [0.2, 0.25) is 0 Å². The van der Waals surface area contributed by atoms with Gasteiger partial charge in [-0.3, -0.25) is 4.79 Å². The van der Waals surface area contributed by atoms with E-state index >= 15 is 0 Å². The Kier molecular flexibility index (Phi) is 4.14. The van der Waals surface area contributed by atoms with Crippen molar-refractivity contribution >= 4 is 29.0 Å². The number of allylic oxidation sites excluding steroid dienone is 1. The zero-order valence-corrected chi connectivity index (χ0v) is 11.9. The molecule has 0 radical (unpaired) electrons. The zero-order chi connectivity index (χ0) is 13.3. The number of Topliss-reactive ketones (excluding diaryl/α,β-unsaturated/α-hetero) is 1. The summed E-state index contributed by atoms with van der Waals surface area (Å²) in [5.74, 6) is 0.252. The summed E-state index contributed by atoms with van der Waals surface area (Å²) in [4.78, 5) is 12.4. The molecule has 1 nitrogen and oxygen atoms in total. The van der Waals surface area contributed by atoms with Crippen molar-refractivity contribution < 1.29 is 4.79 Å². The molecule has 1 aromatic carbocycles. The lowest BCUT2D eigenvalue weighted by atomic mass is 9.91. The van der Waals surface area contributed by atoms with E-state index in [1.807, 2.05) is 13.0 Å². The van der Waals surface area contributed by atoms with E-state index in [1.165, 1.54) is 12.8 Å². The van der Waals surface area contributed by atoms with E-state index in [9.17, 15) is 4.79 Å². The van der Waals surface area contributed by atoms with E-state index in [0.717, 1.165) is 18.4 Å². The van der Waals surface area contributed by atoms with Crippen LogP contribution in [0.1, 0.15) is 41.6 Å². The van der Waals surface area contributed by atoms with Crippen LogP contribution in [0.15, 0.2) is 24.3 Å². The van der Waals surface area contributed by atoms with E-state index < -0.39 is 0 Å². The third-order valence-electron chi connectivity index (χ3n) is 3.66. The number of benzene rings is 1. The average molecular weight is 283 g/mol. The van der Waals surface area contributed by atoms with Crippen molar-refractivity contribution in [3.63, 3.8) is 0 Å². The Labute approximate surface area is 118 Å². The summed E-state index contributed by atoms with van der Waals surface area (Å²) in [5, 5.41) is 0.808. The fraction of sp³-hybridized carbons (Fsp3) is 0.400. The van der Waals surface area contributed by atoms with Gasteiger partial charge in [0.05, 0.1) is 10.0 Å². The summed E-state index contributed by atoms with van der Waals surface area (Å²) < 4.78 is 0. The van der Waals surface area contributed by atoms with Crippen LogP contribution in [-0.4, -0.2) is 5.78 Å². The van der Waals surface area contributed by atoms with Gasteiger partial charge in [-0.2, -0.15) is 0 Å². The smallest absolute Gasteiger partial charge is 0.190 e. The summed E-state index contributed by atoms with van der Waals surface area (Å²) in [6, 6.07) is 3.56. The molecule has 0 unspecified atom stereocenters. The standard InChI is InChI=1S/C15H16Cl2O/c1-9-7-8-12(14(17)13(9)16)15(18)10(2)11-5-3-4-6-11/h7-8,11H,2-6H2,1H3. The number of hydrogen-bond donors (Lipinski definition) is 0. The summed E-state index contributed by atoms with van der Waals surface area (Å²) >= 11 is 12.2. The van der Waals surface area contributed by atoms with Gasteiger partial charge in [-0.25, -0.2) is 0 Å². The molecule has 0 saturated heterocycles. The van der Waals surface area contributed by atoms with Crippen LogP contribution < -0.4 is 0 Å². The lowest BCUT2D eigenvalue weighted by molar-refractivity contribution is 0.102. The molecule has 0 atom stereocenters. The Hall–Kier alpha value is -0.790. The van der Waals surface area contributed by atoms with Crippen LogP contribution in [-0.2, 0) is 0 Å². The quantitative estimate of drug-likeness (QED) is 0.548. The maximum absolute atomic E-state index is 12.4. The number of aryl methyl sites for hydroxylation is 1. The van der Waals surface area contributed by atoms with Crippen LogP contribution in [0, 0.1) is 12.8 Å². The van der Waals surface area contributed by atoms with Gasteiger partial charge >= 0.3 is 0 Å². The van der Waals surface area contributed by atoms with Gasteiger partial charge in [0.15, 0.2) is 5.78 Å². The van der Waals surface area contributed by atoms with Crippen molar-refractivity contribution in [1.29, 1.82) is 0 Å². The number of rotatable bonds is 3. The van der Waals surface area contributed by atoms with Crippen LogP contribution in [0.3, 0.4) is 0 Å². The van der Waals surface area contributed by atoms with Crippen molar-refractivity contribution in [2.24, 2.45) is 5.92 Å². The second-order valence-corrected chi connectivity index (χ2v) is 5.65. The van der Waals surface area contributed by atoms with Crippen LogP contribution in [0.2, 0.25) is 10.0 Å².